The molecule has 0 aliphatic heterocycles. The van der Waals surface area contributed by atoms with Crippen molar-refractivity contribution in [1.29, 1.82) is 10.5 Å². The first-order valence-electron chi connectivity index (χ1n) is 7.69. The highest BCUT2D eigenvalue weighted by Crippen LogP contribution is 2.82. The SMILES string of the molecule is CC1(C)C2(C(=O)N(CCC#N)CCC#N)CCC1(C(Br)Br)C2Br. The highest BCUT2D eigenvalue weighted by molar-refractivity contribution is 9.24. The van der Waals surface area contributed by atoms with E-state index in [-0.39, 0.29) is 25.3 Å². The predicted octanol–water partition coefficient (Wildman–Crippen LogP) is 4.33. The summed E-state index contributed by atoms with van der Waals surface area (Å²) in [6, 6.07) is 4.20. The zero-order chi connectivity index (χ0) is 17.5. The molecular formula is C16H20Br3N3O. The van der Waals surface area contributed by atoms with Crippen molar-refractivity contribution in [3.8, 4) is 12.1 Å². The van der Waals surface area contributed by atoms with Crippen LogP contribution in [0.3, 0.4) is 0 Å². The smallest absolute Gasteiger partial charge is 0.230 e. The average molecular weight is 510 g/mol. The summed E-state index contributed by atoms with van der Waals surface area (Å²) in [6.07, 6.45) is 2.39. The molecule has 0 aromatic carbocycles. The normalized spacial score (nSPS) is 33.7. The molecule has 0 aromatic heterocycles. The third-order valence-corrected chi connectivity index (χ3v) is 9.37. The topological polar surface area (TPSA) is 67.9 Å². The summed E-state index contributed by atoms with van der Waals surface area (Å²) in [7, 11) is 0. The molecular weight excluding hydrogens is 490 g/mol. The number of nitriles is 2. The van der Waals surface area contributed by atoms with E-state index in [9.17, 15) is 4.79 Å². The van der Waals surface area contributed by atoms with Gasteiger partial charge in [-0.05, 0) is 18.3 Å². The number of hydrogen-bond donors (Lipinski definition) is 0. The van der Waals surface area contributed by atoms with E-state index >= 15 is 0 Å². The molecule has 23 heavy (non-hydrogen) atoms. The maximum Gasteiger partial charge on any atom is 0.230 e. The van der Waals surface area contributed by atoms with Gasteiger partial charge in [0.25, 0.3) is 0 Å². The van der Waals surface area contributed by atoms with E-state index in [1.165, 1.54) is 0 Å². The molecule has 2 bridgehead atoms. The Kier molecular flexibility index (Phi) is 5.56. The third-order valence-electron chi connectivity index (χ3n) is 6.14. The average Bonchev–Trinajstić information content (AvgIpc) is 2.96. The minimum Gasteiger partial charge on any atom is -0.340 e. The number of halogens is 3. The zero-order valence-corrected chi connectivity index (χ0v) is 18.0. The summed E-state index contributed by atoms with van der Waals surface area (Å²) >= 11 is 11.2. The Hall–Kier alpha value is -0.110. The van der Waals surface area contributed by atoms with Crippen LogP contribution in [0.15, 0.2) is 0 Å². The second-order valence-electron chi connectivity index (χ2n) is 6.91. The van der Waals surface area contributed by atoms with E-state index in [0.717, 1.165) is 12.8 Å². The Labute approximate surface area is 163 Å². The van der Waals surface area contributed by atoms with Gasteiger partial charge in [0.15, 0.2) is 0 Å². The van der Waals surface area contributed by atoms with Gasteiger partial charge in [-0.2, -0.15) is 10.5 Å². The van der Waals surface area contributed by atoms with Gasteiger partial charge in [0.2, 0.25) is 5.91 Å². The Morgan fingerprint density at radius 1 is 1.22 bits per heavy atom. The number of alkyl halides is 3. The van der Waals surface area contributed by atoms with Crippen LogP contribution in [0.2, 0.25) is 0 Å². The number of fused-ring (bicyclic) bond motifs is 1. The minimum atomic E-state index is -0.461. The molecule has 126 valence electrons. The van der Waals surface area contributed by atoms with Crippen molar-refractivity contribution in [3.05, 3.63) is 0 Å². The quantitative estimate of drug-likeness (QED) is 0.500. The first kappa shape index (κ1) is 19.2. The van der Waals surface area contributed by atoms with Gasteiger partial charge in [0, 0.05) is 23.3 Å². The molecule has 0 heterocycles. The van der Waals surface area contributed by atoms with Crippen LogP contribution < -0.4 is 0 Å². The Balaban J connectivity index is 2.31. The largest absolute Gasteiger partial charge is 0.340 e. The maximum atomic E-state index is 13.4. The number of rotatable bonds is 6. The highest BCUT2D eigenvalue weighted by atomic mass is 79.9. The Morgan fingerprint density at radius 3 is 2.09 bits per heavy atom. The van der Waals surface area contributed by atoms with Crippen molar-refractivity contribution in [2.45, 2.75) is 48.1 Å². The molecule has 3 aliphatic carbocycles. The van der Waals surface area contributed by atoms with E-state index in [4.69, 9.17) is 10.5 Å². The van der Waals surface area contributed by atoms with Crippen LogP contribution in [0, 0.1) is 38.9 Å². The van der Waals surface area contributed by atoms with E-state index < -0.39 is 5.41 Å². The van der Waals surface area contributed by atoms with Gasteiger partial charge in [-0.1, -0.05) is 61.6 Å². The summed E-state index contributed by atoms with van der Waals surface area (Å²) in [5.41, 5.74) is -0.642. The Morgan fingerprint density at radius 2 is 1.74 bits per heavy atom. The molecule has 3 rings (SSSR count). The van der Waals surface area contributed by atoms with E-state index in [0.29, 0.717) is 25.9 Å². The fourth-order valence-corrected chi connectivity index (χ4v) is 9.54. The molecule has 3 fully saturated rings. The lowest BCUT2D eigenvalue weighted by atomic mass is 9.43. The minimum absolute atomic E-state index is 0.0151. The number of amides is 1. The van der Waals surface area contributed by atoms with Gasteiger partial charge >= 0.3 is 0 Å². The fourth-order valence-electron chi connectivity index (χ4n) is 4.64. The number of nitrogens with zero attached hydrogens (tertiary/aromatic N) is 3. The van der Waals surface area contributed by atoms with Gasteiger partial charge in [-0.3, -0.25) is 4.79 Å². The lowest BCUT2D eigenvalue weighted by Crippen LogP contribution is -2.72. The van der Waals surface area contributed by atoms with Crippen LogP contribution in [-0.2, 0) is 4.79 Å². The van der Waals surface area contributed by atoms with Crippen molar-refractivity contribution < 1.29 is 4.79 Å². The van der Waals surface area contributed by atoms with Crippen LogP contribution in [0.25, 0.3) is 0 Å². The summed E-state index contributed by atoms with van der Waals surface area (Å²) in [4.78, 5) is 15.2. The van der Waals surface area contributed by atoms with Crippen molar-refractivity contribution in [3.63, 3.8) is 0 Å². The number of hydrogen-bond acceptors (Lipinski definition) is 3. The Bertz CT molecular complexity index is 562. The standard InChI is InChI=1S/C16H20Br3N3O/c1-14(2)15(12(18)19)5-6-16(14,11(15)17)13(23)22(9-3-7-20)10-4-8-21/h11-12H,3-6,9-10H2,1-2H3. The van der Waals surface area contributed by atoms with E-state index in [2.05, 4.69) is 73.8 Å². The highest BCUT2D eigenvalue weighted by Gasteiger charge is 2.83. The summed E-state index contributed by atoms with van der Waals surface area (Å²) < 4.78 is 0.136. The molecule has 4 nitrogen and oxygen atoms in total. The van der Waals surface area contributed by atoms with Crippen LogP contribution >= 0.6 is 47.8 Å². The van der Waals surface area contributed by atoms with E-state index in [1.807, 2.05) is 0 Å². The zero-order valence-electron chi connectivity index (χ0n) is 13.3. The monoisotopic (exact) mass is 507 g/mol. The van der Waals surface area contributed by atoms with Crippen molar-refractivity contribution in [1.82, 2.24) is 4.90 Å². The molecule has 3 saturated carbocycles. The molecule has 7 heteroatoms. The van der Waals surface area contributed by atoms with Crippen LogP contribution in [0.4, 0.5) is 0 Å². The molecule has 3 aliphatic rings. The van der Waals surface area contributed by atoms with Gasteiger partial charge in [-0.25, -0.2) is 0 Å². The fraction of sp³-hybridized carbons (Fsp3) is 0.812. The molecule has 3 atom stereocenters. The lowest BCUT2D eigenvalue weighted by Gasteiger charge is -2.66. The molecule has 0 N–H and O–H groups in total. The van der Waals surface area contributed by atoms with Crippen molar-refractivity contribution in [2.75, 3.05) is 13.1 Å². The van der Waals surface area contributed by atoms with Gasteiger partial charge in [0.1, 0.15) is 0 Å². The third kappa shape index (κ3) is 2.34. The molecule has 0 saturated heterocycles. The van der Waals surface area contributed by atoms with Crippen LogP contribution in [-0.4, -0.2) is 32.5 Å². The second kappa shape index (κ2) is 6.65. The molecule has 0 aromatic rings. The first-order valence-corrected chi connectivity index (χ1v) is 10.4. The second-order valence-corrected chi connectivity index (χ2v) is 10.9. The van der Waals surface area contributed by atoms with Crippen molar-refractivity contribution >= 4 is 53.7 Å². The molecule has 0 radical (unpaired) electrons. The van der Waals surface area contributed by atoms with Gasteiger partial charge in [-0.15, -0.1) is 0 Å². The molecule has 0 spiro atoms. The summed E-state index contributed by atoms with van der Waals surface area (Å²) in [5.74, 6) is 0.0867. The predicted molar refractivity (Wildman–Crippen MR) is 99.3 cm³/mol. The van der Waals surface area contributed by atoms with Crippen molar-refractivity contribution in [2.24, 2.45) is 16.2 Å². The van der Waals surface area contributed by atoms with Gasteiger partial charge in [0.05, 0.1) is 34.1 Å². The first-order chi connectivity index (χ1) is 10.7. The number of carbonyl (C=O) groups is 1. The summed E-state index contributed by atoms with van der Waals surface area (Å²) in [5, 5.41) is 17.7. The number of carbonyl (C=O) groups excluding carboxylic acids is 1. The molecule has 1 amide bonds. The van der Waals surface area contributed by atoms with Crippen LogP contribution in [0.1, 0.15) is 39.5 Å². The summed E-state index contributed by atoms with van der Waals surface area (Å²) in [6.45, 7) is 5.12. The lowest BCUT2D eigenvalue weighted by molar-refractivity contribution is -0.172. The molecule has 3 unspecified atom stereocenters. The van der Waals surface area contributed by atoms with Gasteiger partial charge < -0.3 is 4.90 Å². The van der Waals surface area contributed by atoms with Crippen LogP contribution in [0.5, 0.6) is 0 Å². The van der Waals surface area contributed by atoms with E-state index in [1.54, 1.807) is 4.90 Å². The maximum absolute atomic E-state index is 13.4.